The summed E-state index contributed by atoms with van der Waals surface area (Å²) in [5.74, 6) is 0.855. The summed E-state index contributed by atoms with van der Waals surface area (Å²) in [5.41, 5.74) is 4.44. The van der Waals surface area contributed by atoms with Crippen LogP contribution in [-0.4, -0.2) is 10.2 Å². The largest absolute Gasteiger partial charge is 0.508 e. The van der Waals surface area contributed by atoms with Crippen molar-refractivity contribution in [1.82, 2.24) is 0 Å². The molecule has 0 bridgehead atoms. The van der Waals surface area contributed by atoms with Crippen molar-refractivity contribution in [2.75, 3.05) is 0 Å². The van der Waals surface area contributed by atoms with Crippen LogP contribution in [0.5, 0.6) is 11.5 Å². The number of phenols is 2. The van der Waals surface area contributed by atoms with Gasteiger partial charge in [-0.05, 0) is 50.0 Å². The smallest absolute Gasteiger partial charge is 0.123 e. The van der Waals surface area contributed by atoms with E-state index in [1.165, 1.54) is 5.56 Å². The topological polar surface area (TPSA) is 40.5 Å². The predicted molar refractivity (Wildman–Crippen MR) is 138 cm³/mol. The van der Waals surface area contributed by atoms with Crippen molar-refractivity contribution in [3.8, 4) is 11.5 Å². The molecule has 0 aliphatic carbocycles. The Kier molecular flexibility index (Phi) is 12.1. The minimum absolute atomic E-state index is 0. The third-order valence-electron chi connectivity index (χ3n) is 5.32. The van der Waals surface area contributed by atoms with E-state index in [2.05, 4.69) is 89.2 Å². The summed E-state index contributed by atoms with van der Waals surface area (Å²) in [6.45, 7) is 25.6. The average molecular weight is 540 g/mol. The van der Waals surface area contributed by atoms with E-state index in [4.69, 9.17) is 0 Å². The van der Waals surface area contributed by atoms with Crippen LogP contribution in [0.1, 0.15) is 105 Å². The fraction of sp³-hybridized carbons (Fsp3) is 0.571. The molecule has 2 rings (SSSR count). The summed E-state index contributed by atoms with van der Waals surface area (Å²) in [7, 11) is 0. The molecule has 0 spiro atoms. The SMILES string of the molecule is CC(C)(C)c1ccc(O)c(C(C)(C)C)c1.CC(C)(C)c1cccc(C(C)(C)C)c1O.Cl.[Zr]. The maximum Gasteiger partial charge on any atom is 0.123 e. The molecular formula is C28H45ClO2Zr. The summed E-state index contributed by atoms with van der Waals surface area (Å²) in [6, 6.07) is 12.0. The maximum atomic E-state index is 10.3. The Labute approximate surface area is 222 Å². The van der Waals surface area contributed by atoms with E-state index in [9.17, 15) is 10.2 Å². The Morgan fingerprint density at radius 1 is 0.531 bits per heavy atom. The van der Waals surface area contributed by atoms with Crippen molar-refractivity contribution >= 4 is 12.4 Å². The van der Waals surface area contributed by atoms with Crippen LogP contribution in [0.3, 0.4) is 0 Å². The van der Waals surface area contributed by atoms with Gasteiger partial charge in [0.25, 0.3) is 0 Å². The Balaban J connectivity index is 0. The first-order valence-corrected chi connectivity index (χ1v) is 10.9. The van der Waals surface area contributed by atoms with Crippen LogP contribution in [0.15, 0.2) is 36.4 Å². The van der Waals surface area contributed by atoms with E-state index < -0.39 is 0 Å². The predicted octanol–water partition coefficient (Wildman–Crippen LogP) is 8.39. The number of halogens is 1. The van der Waals surface area contributed by atoms with Crippen molar-refractivity contribution in [1.29, 1.82) is 0 Å². The van der Waals surface area contributed by atoms with Crippen molar-refractivity contribution < 1.29 is 36.4 Å². The summed E-state index contributed by atoms with van der Waals surface area (Å²) in [6.07, 6.45) is 0. The molecule has 32 heavy (non-hydrogen) atoms. The first-order chi connectivity index (χ1) is 13.3. The monoisotopic (exact) mass is 538 g/mol. The van der Waals surface area contributed by atoms with Crippen LogP contribution >= 0.6 is 12.4 Å². The minimum atomic E-state index is -0.00859. The van der Waals surface area contributed by atoms with Gasteiger partial charge >= 0.3 is 0 Å². The van der Waals surface area contributed by atoms with Gasteiger partial charge in [0.15, 0.2) is 0 Å². The van der Waals surface area contributed by atoms with E-state index in [-0.39, 0.29) is 60.3 Å². The summed E-state index contributed by atoms with van der Waals surface area (Å²) < 4.78 is 0. The Morgan fingerprint density at radius 3 is 1.22 bits per heavy atom. The van der Waals surface area contributed by atoms with Crippen LogP contribution in [0.25, 0.3) is 0 Å². The fourth-order valence-corrected chi connectivity index (χ4v) is 3.36. The normalized spacial score (nSPS) is 12.1. The Morgan fingerprint density at radius 2 is 0.906 bits per heavy atom. The molecule has 2 nitrogen and oxygen atoms in total. The molecule has 0 amide bonds. The number of benzene rings is 2. The molecule has 0 aliphatic rings. The second-order valence-electron chi connectivity index (χ2n) is 12.4. The van der Waals surface area contributed by atoms with Gasteiger partial charge in [0.05, 0.1) is 0 Å². The zero-order chi connectivity index (χ0) is 23.7. The van der Waals surface area contributed by atoms with Crippen LogP contribution in [0.2, 0.25) is 0 Å². The van der Waals surface area contributed by atoms with E-state index in [0.717, 1.165) is 16.7 Å². The summed E-state index contributed by atoms with van der Waals surface area (Å²) >= 11 is 0. The van der Waals surface area contributed by atoms with Crippen LogP contribution < -0.4 is 0 Å². The van der Waals surface area contributed by atoms with E-state index >= 15 is 0 Å². The molecule has 2 aromatic carbocycles. The van der Waals surface area contributed by atoms with Gasteiger partial charge in [0, 0.05) is 26.2 Å². The first-order valence-electron chi connectivity index (χ1n) is 10.9. The number of para-hydroxylation sites is 1. The number of aromatic hydroxyl groups is 2. The van der Waals surface area contributed by atoms with Crippen molar-refractivity contribution in [3.05, 3.63) is 58.7 Å². The first kappa shape index (κ1) is 33.4. The second-order valence-corrected chi connectivity index (χ2v) is 12.4. The quantitative estimate of drug-likeness (QED) is 0.353. The molecule has 0 aromatic heterocycles. The molecule has 2 N–H and O–H groups in total. The third kappa shape index (κ3) is 9.22. The number of phenolic OH excluding ortho intramolecular Hbond substituents is 2. The van der Waals surface area contributed by atoms with E-state index in [1.807, 2.05) is 24.3 Å². The van der Waals surface area contributed by atoms with Gasteiger partial charge in [-0.1, -0.05) is 113 Å². The molecule has 0 heterocycles. The van der Waals surface area contributed by atoms with Gasteiger partial charge < -0.3 is 10.2 Å². The van der Waals surface area contributed by atoms with Gasteiger partial charge in [-0.3, -0.25) is 0 Å². The summed E-state index contributed by atoms with van der Waals surface area (Å²) in [4.78, 5) is 0. The molecular weight excluding hydrogens is 495 g/mol. The molecule has 4 heteroatoms. The number of hydrogen-bond acceptors (Lipinski definition) is 2. The van der Waals surface area contributed by atoms with Crippen LogP contribution in [-0.2, 0) is 47.9 Å². The zero-order valence-electron chi connectivity index (χ0n) is 22.3. The molecule has 0 atom stereocenters. The molecule has 0 aliphatic heterocycles. The summed E-state index contributed by atoms with van der Waals surface area (Å²) in [5, 5.41) is 20.1. The van der Waals surface area contributed by atoms with Crippen molar-refractivity contribution in [3.63, 3.8) is 0 Å². The number of hydrogen-bond donors (Lipinski definition) is 2. The molecule has 0 saturated heterocycles. The van der Waals surface area contributed by atoms with Gasteiger partial charge in [0.1, 0.15) is 11.5 Å². The van der Waals surface area contributed by atoms with E-state index in [1.54, 1.807) is 6.07 Å². The molecule has 0 radical (unpaired) electrons. The third-order valence-corrected chi connectivity index (χ3v) is 5.32. The second kappa shape index (κ2) is 11.6. The van der Waals surface area contributed by atoms with Gasteiger partial charge in [-0.25, -0.2) is 0 Å². The molecule has 0 fully saturated rings. The van der Waals surface area contributed by atoms with Gasteiger partial charge in [-0.2, -0.15) is 0 Å². The van der Waals surface area contributed by atoms with Gasteiger partial charge in [-0.15, -0.1) is 12.4 Å². The average Bonchev–Trinajstić information content (AvgIpc) is 2.51. The molecule has 0 unspecified atom stereocenters. The standard InChI is InChI=1S/2C14H22O.ClH.Zr/c1-13(2,3)10-7-8-12(15)11(9-10)14(4,5)6;1-13(2,3)10-8-7-9-11(12(10)15)14(4,5)6;;/h2*7-9,15H,1-6H3;1H;. The van der Waals surface area contributed by atoms with Crippen LogP contribution in [0, 0.1) is 0 Å². The van der Waals surface area contributed by atoms with E-state index in [0.29, 0.717) is 11.5 Å². The van der Waals surface area contributed by atoms with Gasteiger partial charge in [0.2, 0.25) is 0 Å². The maximum absolute atomic E-state index is 10.3. The Bertz CT molecular complexity index is 812. The molecule has 2 aromatic rings. The zero-order valence-corrected chi connectivity index (χ0v) is 25.5. The minimum Gasteiger partial charge on any atom is -0.508 e. The van der Waals surface area contributed by atoms with Crippen molar-refractivity contribution in [2.45, 2.75) is 105 Å². The molecule has 180 valence electrons. The molecule has 0 saturated carbocycles. The van der Waals surface area contributed by atoms with Crippen molar-refractivity contribution in [2.24, 2.45) is 0 Å². The van der Waals surface area contributed by atoms with Crippen LogP contribution in [0.4, 0.5) is 0 Å². The fourth-order valence-electron chi connectivity index (χ4n) is 3.36. The Hall–Kier alpha value is -0.787. The number of rotatable bonds is 0.